The van der Waals surface area contributed by atoms with E-state index in [1.807, 2.05) is 12.1 Å². The third kappa shape index (κ3) is 3.49. The second-order valence-corrected chi connectivity index (χ2v) is 6.55. The summed E-state index contributed by atoms with van der Waals surface area (Å²) in [6.45, 7) is 14.1. The van der Waals surface area contributed by atoms with Gasteiger partial charge in [-0.2, -0.15) is 0 Å². The molecule has 0 amide bonds. The zero-order valence-corrected chi connectivity index (χ0v) is 13.2. The topological polar surface area (TPSA) is 39.6 Å². The second-order valence-electron chi connectivity index (χ2n) is 6.55. The van der Waals surface area contributed by atoms with E-state index < -0.39 is 0 Å². The number of likely N-dealkylation sites (N-methyl/N-ethyl adjacent to an activating group) is 1. The number of aliphatic hydroxyl groups excluding tert-OH is 1. The Hall–Kier alpha value is -1.13. The van der Waals surface area contributed by atoms with E-state index >= 15 is 0 Å². The minimum Gasteiger partial charge on any atom is -0.392 e. The number of rotatable bonds is 3. The van der Waals surface area contributed by atoms with Gasteiger partial charge in [0, 0.05) is 37.3 Å². The number of hydrogen-bond acceptors (Lipinski definition) is 4. The molecule has 1 saturated heterocycles. The number of anilines is 1. The molecule has 4 nitrogen and oxygen atoms in total. The van der Waals surface area contributed by atoms with E-state index in [4.69, 9.17) is 4.98 Å². The molecule has 1 aliphatic rings. The second kappa shape index (κ2) is 6.10. The van der Waals surface area contributed by atoms with Gasteiger partial charge in [0.05, 0.1) is 6.61 Å². The Labute approximate surface area is 122 Å². The maximum atomic E-state index is 9.48. The molecular formula is C16H27N3O. The molecule has 4 heteroatoms. The Balaban J connectivity index is 2.23. The lowest BCUT2D eigenvalue weighted by Crippen LogP contribution is -2.46. The van der Waals surface area contributed by atoms with Gasteiger partial charge in [-0.1, -0.05) is 27.7 Å². The standard InChI is InChI=1S/C16H27N3O/c1-5-18-6-8-19(9-7-18)15-11-13(12-20)10-14(17-15)16(2,3)4/h10-11,20H,5-9,12H2,1-4H3. The van der Waals surface area contributed by atoms with Crippen LogP contribution in [0.25, 0.3) is 0 Å². The SMILES string of the molecule is CCN1CCN(c2cc(CO)cc(C(C)(C)C)n2)CC1. The van der Waals surface area contributed by atoms with Gasteiger partial charge < -0.3 is 14.9 Å². The molecule has 112 valence electrons. The van der Waals surface area contributed by atoms with Crippen LogP contribution < -0.4 is 4.90 Å². The average Bonchev–Trinajstić information content (AvgIpc) is 2.46. The van der Waals surface area contributed by atoms with Crippen molar-refractivity contribution >= 4 is 5.82 Å². The van der Waals surface area contributed by atoms with Crippen LogP contribution in [0.5, 0.6) is 0 Å². The Morgan fingerprint density at radius 3 is 2.30 bits per heavy atom. The third-order valence-corrected chi connectivity index (χ3v) is 3.97. The summed E-state index contributed by atoms with van der Waals surface area (Å²) in [6.07, 6.45) is 0. The molecule has 0 aromatic carbocycles. The lowest BCUT2D eigenvalue weighted by molar-refractivity contribution is 0.269. The van der Waals surface area contributed by atoms with Crippen molar-refractivity contribution in [2.45, 2.75) is 39.7 Å². The van der Waals surface area contributed by atoms with Gasteiger partial charge in [0.15, 0.2) is 0 Å². The molecule has 2 heterocycles. The van der Waals surface area contributed by atoms with E-state index in [0.29, 0.717) is 0 Å². The molecule has 20 heavy (non-hydrogen) atoms. The smallest absolute Gasteiger partial charge is 0.129 e. The van der Waals surface area contributed by atoms with Crippen LogP contribution in [0, 0.1) is 0 Å². The number of aliphatic hydroxyl groups is 1. The van der Waals surface area contributed by atoms with Gasteiger partial charge in [-0.15, -0.1) is 0 Å². The molecule has 1 fully saturated rings. The predicted molar refractivity (Wildman–Crippen MR) is 83.2 cm³/mol. The van der Waals surface area contributed by atoms with Crippen LogP contribution in [0.15, 0.2) is 12.1 Å². The Bertz CT molecular complexity index is 446. The summed E-state index contributed by atoms with van der Waals surface area (Å²) in [7, 11) is 0. The van der Waals surface area contributed by atoms with Gasteiger partial charge in [0.2, 0.25) is 0 Å². The fourth-order valence-electron chi connectivity index (χ4n) is 2.50. The Morgan fingerprint density at radius 1 is 1.15 bits per heavy atom. The lowest BCUT2D eigenvalue weighted by Gasteiger charge is -2.35. The number of pyridine rings is 1. The highest BCUT2D eigenvalue weighted by molar-refractivity contribution is 5.44. The first kappa shape index (κ1) is 15.3. The van der Waals surface area contributed by atoms with Crippen molar-refractivity contribution in [3.8, 4) is 0 Å². The minimum absolute atomic E-state index is 0.00513. The van der Waals surface area contributed by atoms with Crippen LogP contribution >= 0.6 is 0 Å². The Kier molecular flexibility index (Phi) is 4.66. The maximum absolute atomic E-state index is 9.48. The summed E-state index contributed by atoms with van der Waals surface area (Å²) in [6, 6.07) is 4.04. The summed E-state index contributed by atoms with van der Waals surface area (Å²) in [4.78, 5) is 9.61. The van der Waals surface area contributed by atoms with Crippen molar-refractivity contribution in [1.29, 1.82) is 0 Å². The van der Waals surface area contributed by atoms with E-state index in [2.05, 4.69) is 37.5 Å². The largest absolute Gasteiger partial charge is 0.392 e. The number of hydrogen-bond donors (Lipinski definition) is 1. The fraction of sp³-hybridized carbons (Fsp3) is 0.688. The third-order valence-electron chi connectivity index (χ3n) is 3.97. The molecule has 0 spiro atoms. The first-order chi connectivity index (χ1) is 9.44. The number of aromatic nitrogens is 1. The van der Waals surface area contributed by atoms with E-state index in [0.717, 1.165) is 49.8 Å². The summed E-state index contributed by atoms with van der Waals surface area (Å²) in [5, 5.41) is 9.48. The van der Waals surface area contributed by atoms with Gasteiger partial charge >= 0.3 is 0 Å². The van der Waals surface area contributed by atoms with E-state index in [9.17, 15) is 5.11 Å². The van der Waals surface area contributed by atoms with Gasteiger partial charge in [-0.05, 0) is 24.2 Å². The highest BCUT2D eigenvalue weighted by Crippen LogP contribution is 2.25. The zero-order valence-electron chi connectivity index (χ0n) is 13.2. The highest BCUT2D eigenvalue weighted by Gasteiger charge is 2.21. The molecule has 1 aliphatic heterocycles. The number of piperazine rings is 1. The van der Waals surface area contributed by atoms with Crippen molar-refractivity contribution in [1.82, 2.24) is 9.88 Å². The fourth-order valence-corrected chi connectivity index (χ4v) is 2.50. The van der Waals surface area contributed by atoms with Crippen LogP contribution in [0.4, 0.5) is 5.82 Å². The van der Waals surface area contributed by atoms with Gasteiger partial charge in [-0.25, -0.2) is 4.98 Å². The first-order valence-electron chi connectivity index (χ1n) is 7.53. The van der Waals surface area contributed by atoms with Crippen LogP contribution in [0.3, 0.4) is 0 Å². The van der Waals surface area contributed by atoms with Crippen molar-refractivity contribution in [3.05, 3.63) is 23.4 Å². The molecule has 1 aromatic rings. The van der Waals surface area contributed by atoms with E-state index in [1.54, 1.807) is 0 Å². The molecule has 0 atom stereocenters. The van der Waals surface area contributed by atoms with Crippen LogP contribution in [0.2, 0.25) is 0 Å². The quantitative estimate of drug-likeness (QED) is 0.917. The van der Waals surface area contributed by atoms with Crippen LogP contribution in [-0.2, 0) is 12.0 Å². The van der Waals surface area contributed by atoms with Crippen molar-refractivity contribution < 1.29 is 5.11 Å². The molecule has 1 aromatic heterocycles. The molecular weight excluding hydrogens is 250 g/mol. The molecule has 1 N–H and O–H groups in total. The van der Waals surface area contributed by atoms with Gasteiger partial charge in [-0.3, -0.25) is 0 Å². The van der Waals surface area contributed by atoms with E-state index in [-0.39, 0.29) is 12.0 Å². The van der Waals surface area contributed by atoms with E-state index in [1.165, 1.54) is 0 Å². The average molecular weight is 277 g/mol. The minimum atomic E-state index is 0.00513. The summed E-state index contributed by atoms with van der Waals surface area (Å²) in [5.41, 5.74) is 2.01. The summed E-state index contributed by atoms with van der Waals surface area (Å²) >= 11 is 0. The Morgan fingerprint density at radius 2 is 1.80 bits per heavy atom. The highest BCUT2D eigenvalue weighted by atomic mass is 16.3. The molecule has 0 saturated carbocycles. The monoisotopic (exact) mass is 277 g/mol. The lowest BCUT2D eigenvalue weighted by atomic mass is 9.91. The van der Waals surface area contributed by atoms with Crippen LogP contribution in [0.1, 0.15) is 39.0 Å². The van der Waals surface area contributed by atoms with Gasteiger partial charge in [0.25, 0.3) is 0 Å². The van der Waals surface area contributed by atoms with Gasteiger partial charge in [0.1, 0.15) is 5.82 Å². The molecule has 0 bridgehead atoms. The predicted octanol–water partition coefficient (Wildman–Crippen LogP) is 2.01. The molecule has 0 unspecified atom stereocenters. The van der Waals surface area contributed by atoms with Crippen molar-refractivity contribution in [3.63, 3.8) is 0 Å². The van der Waals surface area contributed by atoms with Crippen LogP contribution in [-0.4, -0.2) is 47.7 Å². The molecule has 0 radical (unpaired) electrons. The van der Waals surface area contributed by atoms with Crippen molar-refractivity contribution in [2.24, 2.45) is 0 Å². The maximum Gasteiger partial charge on any atom is 0.129 e. The van der Waals surface area contributed by atoms with Crippen molar-refractivity contribution in [2.75, 3.05) is 37.6 Å². The zero-order chi connectivity index (χ0) is 14.8. The molecule has 0 aliphatic carbocycles. The normalized spacial score (nSPS) is 17.6. The number of nitrogens with zero attached hydrogens (tertiary/aromatic N) is 3. The molecule has 2 rings (SSSR count). The summed E-state index contributed by atoms with van der Waals surface area (Å²) in [5.74, 6) is 1.01. The summed E-state index contributed by atoms with van der Waals surface area (Å²) < 4.78 is 0. The first-order valence-corrected chi connectivity index (χ1v) is 7.53.